The zero-order valence-electron chi connectivity index (χ0n) is 11.4. The summed E-state index contributed by atoms with van der Waals surface area (Å²) >= 11 is 3.38. The highest BCUT2D eigenvalue weighted by atomic mass is 79.9. The number of aliphatic hydroxyl groups excluding tert-OH is 1. The number of hydrogen-bond acceptors (Lipinski definition) is 4. The molecule has 0 saturated heterocycles. The molecule has 110 valence electrons. The highest BCUT2D eigenvalue weighted by Gasteiger charge is 2.37. The molecule has 2 N–H and O–H groups in total. The van der Waals surface area contributed by atoms with Crippen molar-refractivity contribution < 1.29 is 24.5 Å². The van der Waals surface area contributed by atoms with Gasteiger partial charge < -0.3 is 19.7 Å². The molecule has 1 aliphatic rings. The Morgan fingerprint density at radius 1 is 1.35 bits per heavy atom. The molecule has 20 heavy (non-hydrogen) atoms. The van der Waals surface area contributed by atoms with Crippen molar-refractivity contribution in [1.29, 1.82) is 0 Å². The SMILES string of the molecule is CC(C)(C(=O)O)C(O)c1cc(Br)c2c(c1)OCCCO2. The molecule has 0 aromatic heterocycles. The quantitative estimate of drug-likeness (QED) is 0.881. The van der Waals surface area contributed by atoms with Gasteiger partial charge in [-0.15, -0.1) is 0 Å². The van der Waals surface area contributed by atoms with Crippen LogP contribution in [0.1, 0.15) is 31.9 Å². The lowest BCUT2D eigenvalue weighted by atomic mass is 9.82. The minimum atomic E-state index is -1.29. The van der Waals surface area contributed by atoms with Crippen molar-refractivity contribution in [2.45, 2.75) is 26.4 Å². The molecule has 0 bridgehead atoms. The van der Waals surface area contributed by atoms with Crippen LogP contribution in [-0.2, 0) is 4.79 Å². The average molecular weight is 345 g/mol. The zero-order valence-corrected chi connectivity index (χ0v) is 12.9. The standard InChI is InChI=1S/C14H17BrO5/c1-14(2,13(17)18)12(16)8-6-9(15)11-10(7-8)19-4-3-5-20-11/h6-7,12,16H,3-5H2,1-2H3,(H,17,18). The van der Waals surface area contributed by atoms with Crippen molar-refractivity contribution in [2.75, 3.05) is 13.2 Å². The molecule has 1 unspecified atom stereocenters. The van der Waals surface area contributed by atoms with Crippen LogP contribution in [0.3, 0.4) is 0 Å². The average Bonchev–Trinajstić information content (AvgIpc) is 2.63. The third-order valence-electron chi connectivity index (χ3n) is 3.38. The Morgan fingerprint density at radius 2 is 2.00 bits per heavy atom. The Morgan fingerprint density at radius 3 is 2.65 bits per heavy atom. The minimum Gasteiger partial charge on any atom is -0.490 e. The van der Waals surface area contributed by atoms with E-state index < -0.39 is 17.5 Å². The second kappa shape index (κ2) is 5.61. The highest BCUT2D eigenvalue weighted by Crippen LogP contribution is 2.42. The number of fused-ring (bicyclic) bond motifs is 1. The number of ether oxygens (including phenoxy) is 2. The molecule has 2 rings (SSSR count). The lowest BCUT2D eigenvalue weighted by Crippen LogP contribution is -2.31. The van der Waals surface area contributed by atoms with E-state index in [1.807, 2.05) is 0 Å². The normalized spacial score (nSPS) is 16.4. The fourth-order valence-corrected chi connectivity index (χ4v) is 2.52. The smallest absolute Gasteiger partial charge is 0.312 e. The monoisotopic (exact) mass is 344 g/mol. The summed E-state index contributed by atoms with van der Waals surface area (Å²) in [6, 6.07) is 3.31. The number of carboxylic acids is 1. The number of halogens is 1. The van der Waals surface area contributed by atoms with Crippen molar-refractivity contribution >= 4 is 21.9 Å². The molecule has 1 heterocycles. The summed E-state index contributed by atoms with van der Waals surface area (Å²) in [4.78, 5) is 11.2. The Hall–Kier alpha value is -1.27. The van der Waals surface area contributed by atoms with Crippen LogP contribution in [0, 0.1) is 5.41 Å². The lowest BCUT2D eigenvalue weighted by molar-refractivity contribution is -0.153. The number of hydrogen-bond donors (Lipinski definition) is 2. The minimum absolute atomic E-state index is 0.480. The Labute approximate surface area is 125 Å². The molecule has 1 aromatic carbocycles. The fraction of sp³-hybridized carbons (Fsp3) is 0.500. The molecule has 1 atom stereocenters. The maximum absolute atomic E-state index is 11.2. The second-order valence-electron chi connectivity index (χ2n) is 5.31. The van der Waals surface area contributed by atoms with Crippen LogP contribution in [0.2, 0.25) is 0 Å². The van der Waals surface area contributed by atoms with Crippen molar-refractivity contribution in [1.82, 2.24) is 0 Å². The maximum atomic E-state index is 11.2. The van der Waals surface area contributed by atoms with Gasteiger partial charge in [0.25, 0.3) is 0 Å². The molecule has 0 amide bonds. The maximum Gasteiger partial charge on any atom is 0.312 e. The number of benzene rings is 1. The third kappa shape index (κ3) is 2.76. The number of carboxylic acid groups (broad SMARTS) is 1. The molecule has 1 aliphatic heterocycles. The first kappa shape index (κ1) is 15.1. The summed E-state index contributed by atoms with van der Waals surface area (Å²) in [6.07, 6.45) is -0.368. The van der Waals surface area contributed by atoms with E-state index >= 15 is 0 Å². The first-order valence-corrected chi connectivity index (χ1v) is 7.14. The highest BCUT2D eigenvalue weighted by molar-refractivity contribution is 9.10. The van der Waals surface area contributed by atoms with Crippen molar-refractivity contribution in [3.63, 3.8) is 0 Å². The van der Waals surface area contributed by atoms with E-state index in [1.54, 1.807) is 12.1 Å². The van der Waals surface area contributed by atoms with Crippen molar-refractivity contribution in [3.8, 4) is 11.5 Å². The topological polar surface area (TPSA) is 76.0 Å². The first-order valence-electron chi connectivity index (χ1n) is 6.34. The summed E-state index contributed by atoms with van der Waals surface area (Å²) < 4.78 is 11.8. The van der Waals surface area contributed by atoms with Crippen LogP contribution in [-0.4, -0.2) is 29.4 Å². The van der Waals surface area contributed by atoms with Gasteiger partial charge in [0.2, 0.25) is 0 Å². The summed E-state index contributed by atoms with van der Waals surface area (Å²) in [5.41, 5.74) is -0.812. The van der Waals surface area contributed by atoms with Crippen LogP contribution in [0.5, 0.6) is 11.5 Å². The van der Waals surface area contributed by atoms with Gasteiger partial charge in [-0.05, 0) is 47.5 Å². The molecule has 1 aromatic rings. The fourth-order valence-electron chi connectivity index (χ4n) is 1.94. The molecular formula is C14H17BrO5. The summed E-state index contributed by atoms with van der Waals surface area (Å²) in [6.45, 7) is 4.06. The molecule has 0 saturated carbocycles. The van der Waals surface area contributed by atoms with Crippen LogP contribution in [0.25, 0.3) is 0 Å². The number of rotatable bonds is 3. The Balaban J connectivity index is 2.41. The Kier molecular flexibility index (Phi) is 4.25. The van der Waals surface area contributed by atoms with Gasteiger partial charge in [-0.25, -0.2) is 0 Å². The van der Waals surface area contributed by atoms with Crippen LogP contribution in [0.15, 0.2) is 16.6 Å². The number of aliphatic hydroxyl groups is 1. The van der Waals surface area contributed by atoms with Crippen LogP contribution in [0.4, 0.5) is 0 Å². The van der Waals surface area contributed by atoms with Crippen LogP contribution < -0.4 is 9.47 Å². The molecule has 5 nitrogen and oxygen atoms in total. The lowest BCUT2D eigenvalue weighted by Gasteiger charge is -2.27. The van der Waals surface area contributed by atoms with E-state index in [0.29, 0.717) is 34.7 Å². The van der Waals surface area contributed by atoms with Crippen molar-refractivity contribution in [3.05, 3.63) is 22.2 Å². The molecule has 0 spiro atoms. The van der Waals surface area contributed by atoms with E-state index in [-0.39, 0.29) is 0 Å². The van der Waals surface area contributed by atoms with E-state index in [2.05, 4.69) is 15.9 Å². The summed E-state index contributed by atoms with van der Waals surface area (Å²) in [5.74, 6) is 0.0481. The van der Waals surface area contributed by atoms with Gasteiger partial charge in [0.05, 0.1) is 29.2 Å². The van der Waals surface area contributed by atoms with E-state index in [1.165, 1.54) is 13.8 Å². The van der Waals surface area contributed by atoms with E-state index in [4.69, 9.17) is 9.47 Å². The van der Waals surface area contributed by atoms with Gasteiger partial charge in [-0.2, -0.15) is 0 Å². The molecule has 6 heteroatoms. The number of carbonyl (C=O) groups is 1. The molecular weight excluding hydrogens is 328 g/mol. The zero-order chi connectivity index (χ0) is 14.9. The van der Waals surface area contributed by atoms with Crippen molar-refractivity contribution in [2.24, 2.45) is 5.41 Å². The van der Waals surface area contributed by atoms with E-state index in [0.717, 1.165) is 6.42 Å². The largest absolute Gasteiger partial charge is 0.490 e. The van der Waals surface area contributed by atoms with Gasteiger partial charge in [-0.1, -0.05) is 0 Å². The predicted molar refractivity (Wildman–Crippen MR) is 76.1 cm³/mol. The van der Waals surface area contributed by atoms with Gasteiger partial charge in [0, 0.05) is 6.42 Å². The number of aliphatic carboxylic acids is 1. The van der Waals surface area contributed by atoms with E-state index in [9.17, 15) is 15.0 Å². The molecule has 0 fully saturated rings. The van der Waals surface area contributed by atoms with Gasteiger partial charge in [0.15, 0.2) is 11.5 Å². The predicted octanol–water partition coefficient (Wildman–Crippen LogP) is 2.75. The summed E-state index contributed by atoms with van der Waals surface area (Å²) in [5, 5.41) is 19.5. The third-order valence-corrected chi connectivity index (χ3v) is 3.96. The molecule has 0 radical (unpaired) electrons. The first-order chi connectivity index (χ1) is 9.34. The Bertz CT molecular complexity index is 527. The van der Waals surface area contributed by atoms with Gasteiger partial charge in [-0.3, -0.25) is 4.79 Å². The van der Waals surface area contributed by atoms with Gasteiger partial charge in [0.1, 0.15) is 0 Å². The molecule has 0 aliphatic carbocycles. The van der Waals surface area contributed by atoms with Crippen LogP contribution >= 0.6 is 15.9 Å². The second-order valence-corrected chi connectivity index (χ2v) is 6.16. The summed E-state index contributed by atoms with van der Waals surface area (Å²) in [7, 11) is 0. The van der Waals surface area contributed by atoms with Gasteiger partial charge >= 0.3 is 5.97 Å².